The van der Waals surface area contributed by atoms with Crippen molar-refractivity contribution in [2.75, 3.05) is 6.54 Å². The lowest BCUT2D eigenvalue weighted by Crippen LogP contribution is -2.25. The molecular formula is C15H18N2OS. The number of carbonyl (C=O) groups is 1. The highest BCUT2D eigenvalue weighted by Gasteiger charge is 2.15. The van der Waals surface area contributed by atoms with Crippen LogP contribution >= 0.6 is 11.3 Å². The SMILES string of the molecule is CCCCNC(=O)c1nc(-c2ccccc2)sc1C. The van der Waals surface area contributed by atoms with E-state index in [1.165, 1.54) is 0 Å². The summed E-state index contributed by atoms with van der Waals surface area (Å²) in [5.41, 5.74) is 1.61. The van der Waals surface area contributed by atoms with Gasteiger partial charge in [-0.15, -0.1) is 11.3 Å². The second-order valence-electron chi connectivity index (χ2n) is 4.40. The summed E-state index contributed by atoms with van der Waals surface area (Å²) < 4.78 is 0. The first-order valence-corrected chi connectivity index (χ1v) is 7.35. The van der Waals surface area contributed by atoms with Gasteiger partial charge in [0, 0.05) is 17.0 Å². The minimum absolute atomic E-state index is 0.0654. The van der Waals surface area contributed by atoms with E-state index >= 15 is 0 Å². The van der Waals surface area contributed by atoms with Crippen molar-refractivity contribution in [2.45, 2.75) is 26.7 Å². The number of aromatic nitrogens is 1. The number of hydrogen-bond acceptors (Lipinski definition) is 3. The van der Waals surface area contributed by atoms with Gasteiger partial charge in [0.25, 0.3) is 5.91 Å². The summed E-state index contributed by atoms with van der Waals surface area (Å²) in [4.78, 5) is 17.4. The molecule has 0 aliphatic heterocycles. The molecule has 0 aliphatic rings. The molecule has 1 amide bonds. The van der Waals surface area contributed by atoms with Gasteiger partial charge in [-0.25, -0.2) is 4.98 Å². The Balaban J connectivity index is 2.15. The molecule has 1 aromatic carbocycles. The van der Waals surface area contributed by atoms with Crippen molar-refractivity contribution in [3.05, 3.63) is 40.9 Å². The maximum absolute atomic E-state index is 12.0. The molecule has 2 aromatic rings. The number of hydrogen-bond donors (Lipinski definition) is 1. The summed E-state index contributed by atoms with van der Waals surface area (Å²) >= 11 is 1.56. The number of amides is 1. The standard InChI is InChI=1S/C15H18N2OS/c1-3-4-10-16-14(18)13-11(2)19-15(17-13)12-8-6-5-7-9-12/h5-9H,3-4,10H2,1-2H3,(H,16,18). The highest BCUT2D eigenvalue weighted by molar-refractivity contribution is 7.15. The fourth-order valence-corrected chi connectivity index (χ4v) is 2.69. The molecule has 0 spiro atoms. The maximum atomic E-state index is 12.0. The van der Waals surface area contributed by atoms with Gasteiger partial charge in [-0.2, -0.15) is 0 Å². The maximum Gasteiger partial charge on any atom is 0.271 e. The Hall–Kier alpha value is -1.68. The average molecular weight is 274 g/mol. The van der Waals surface area contributed by atoms with E-state index in [4.69, 9.17) is 0 Å². The Morgan fingerprint density at radius 2 is 2.05 bits per heavy atom. The zero-order chi connectivity index (χ0) is 13.7. The topological polar surface area (TPSA) is 42.0 Å². The second kappa shape index (κ2) is 6.48. The fourth-order valence-electron chi connectivity index (χ4n) is 1.77. The van der Waals surface area contributed by atoms with Gasteiger partial charge < -0.3 is 5.32 Å². The Morgan fingerprint density at radius 1 is 1.32 bits per heavy atom. The highest BCUT2D eigenvalue weighted by atomic mass is 32.1. The van der Waals surface area contributed by atoms with Gasteiger partial charge in [0.05, 0.1) is 0 Å². The van der Waals surface area contributed by atoms with Crippen molar-refractivity contribution in [1.82, 2.24) is 10.3 Å². The number of thiazole rings is 1. The van der Waals surface area contributed by atoms with Crippen molar-refractivity contribution >= 4 is 17.2 Å². The molecule has 0 radical (unpaired) electrons. The number of aryl methyl sites for hydroxylation is 1. The van der Waals surface area contributed by atoms with E-state index in [-0.39, 0.29) is 5.91 Å². The summed E-state index contributed by atoms with van der Waals surface area (Å²) in [6.45, 7) is 4.76. The normalized spacial score (nSPS) is 10.4. The molecule has 0 saturated heterocycles. The number of unbranched alkanes of at least 4 members (excludes halogenated alkanes) is 1. The molecule has 0 bridgehead atoms. The third-order valence-electron chi connectivity index (χ3n) is 2.85. The van der Waals surface area contributed by atoms with Crippen LogP contribution in [0.2, 0.25) is 0 Å². The first-order chi connectivity index (χ1) is 9.22. The first kappa shape index (κ1) is 13.7. The fraction of sp³-hybridized carbons (Fsp3) is 0.333. The number of carbonyl (C=O) groups excluding carboxylic acids is 1. The third kappa shape index (κ3) is 3.41. The zero-order valence-electron chi connectivity index (χ0n) is 11.3. The molecule has 19 heavy (non-hydrogen) atoms. The lowest BCUT2D eigenvalue weighted by molar-refractivity contribution is 0.0948. The van der Waals surface area contributed by atoms with E-state index in [9.17, 15) is 4.79 Å². The Morgan fingerprint density at radius 3 is 2.74 bits per heavy atom. The largest absolute Gasteiger partial charge is 0.351 e. The summed E-state index contributed by atoms with van der Waals surface area (Å²) in [6, 6.07) is 9.95. The zero-order valence-corrected chi connectivity index (χ0v) is 12.1. The third-order valence-corrected chi connectivity index (χ3v) is 3.87. The van der Waals surface area contributed by atoms with Crippen molar-refractivity contribution in [3.8, 4) is 10.6 Å². The molecule has 1 N–H and O–H groups in total. The van der Waals surface area contributed by atoms with Crippen molar-refractivity contribution in [3.63, 3.8) is 0 Å². The highest BCUT2D eigenvalue weighted by Crippen LogP contribution is 2.27. The molecule has 0 aliphatic carbocycles. The molecule has 0 saturated carbocycles. The van der Waals surface area contributed by atoms with Crippen molar-refractivity contribution < 1.29 is 4.79 Å². The lowest BCUT2D eigenvalue weighted by Gasteiger charge is -2.01. The minimum Gasteiger partial charge on any atom is -0.351 e. The molecule has 1 heterocycles. The van der Waals surface area contributed by atoms with Crippen LogP contribution in [0.4, 0.5) is 0 Å². The second-order valence-corrected chi connectivity index (χ2v) is 5.60. The monoisotopic (exact) mass is 274 g/mol. The van der Waals surface area contributed by atoms with Crippen LogP contribution in [-0.2, 0) is 0 Å². The van der Waals surface area contributed by atoms with Gasteiger partial charge in [0.15, 0.2) is 0 Å². The van der Waals surface area contributed by atoms with Crippen molar-refractivity contribution in [2.24, 2.45) is 0 Å². The Bertz CT molecular complexity index is 549. The summed E-state index contributed by atoms with van der Waals surface area (Å²) in [5, 5.41) is 3.81. The minimum atomic E-state index is -0.0654. The van der Waals surface area contributed by atoms with Gasteiger partial charge in [-0.1, -0.05) is 43.7 Å². The molecule has 1 aromatic heterocycles. The molecule has 0 atom stereocenters. The molecular weight excluding hydrogens is 256 g/mol. The first-order valence-electron chi connectivity index (χ1n) is 6.53. The van der Waals surface area contributed by atoms with E-state index < -0.39 is 0 Å². The predicted molar refractivity (Wildman–Crippen MR) is 79.5 cm³/mol. The van der Waals surface area contributed by atoms with Crippen LogP contribution in [0.3, 0.4) is 0 Å². The number of nitrogens with one attached hydrogen (secondary N) is 1. The van der Waals surface area contributed by atoms with Crippen LogP contribution in [0, 0.1) is 6.92 Å². The molecule has 0 fully saturated rings. The molecule has 2 rings (SSSR count). The molecule has 0 unspecified atom stereocenters. The molecule has 4 heteroatoms. The van der Waals surface area contributed by atoms with E-state index in [1.54, 1.807) is 11.3 Å². The number of benzene rings is 1. The van der Waals surface area contributed by atoms with Crippen LogP contribution in [0.25, 0.3) is 10.6 Å². The van der Waals surface area contributed by atoms with E-state index in [2.05, 4.69) is 17.2 Å². The van der Waals surface area contributed by atoms with Crippen LogP contribution < -0.4 is 5.32 Å². The van der Waals surface area contributed by atoms with Gasteiger partial charge in [-0.3, -0.25) is 4.79 Å². The lowest BCUT2D eigenvalue weighted by atomic mass is 10.2. The van der Waals surface area contributed by atoms with E-state index in [0.29, 0.717) is 12.2 Å². The molecule has 3 nitrogen and oxygen atoms in total. The smallest absolute Gasteiger partial charge is 0.271 e. The van der Waals surface area contributed by atoms with Gasteiger partial charge in [0.1, 0.15) is 10.7 Å². The van der Waals surface area contributed by atoms with Gasteiger partial charge in [-0.05, 0) is 13.3 Å². The average Bonchev–Trinajstić information content (AvgIpc) is 2.82. The summed E-state index contributed by atoms with van der Waals surface area (Å²) in [6.07, 6.45) is 2.08. The van der Waals surface area contributed by atoms with Crippen LogP contribution in [0.5, 0.6) is 0 Å². The van der Waals surface area contributed by atoms with Gasteiger partial charge in [0.2, 0.25) is 0 Å². The summed E-state index contributed by atoms with van der Waals surface area (Å²) in [5.74, 6) is -0.0654. The quantitative estimate of drug-likeness (QED) is 0.846. The Labute approximate surface area is 117 Å². The summed E-state index contributed by atoms with van der Waals surface area (Å²) in [7, 11) is 0. The van der Waals surface area contributed by atoms with Crippen LogP contribution in [-0.4, -0.2) is 17.4 Å². The predicted octanol–water partition coefficient (Wildman–Crippen LogP) is 3.65. The van der Waals surface area contributed by atoms with Gasteiger partial charge >= 0.3 is 0 Å². The van der Waals surface area contributed by atoms with Crippen molar-refractivity contribution in [1.29, 1.82) is 0 Å². The van der Waals surface area contributed by atoms with E-state index in [0.717, 1.165) is 28.3 Å². The number of rotatable bonds is 5. The molecule has 100 valence electrons. The number of nitrogens with zero attached hydrogens (tertiary/aromatic N) is 1. The van der Waals surface area contributed by atoms with E-state index in [1.807, 2.05) is 37.3 Å². The van der Waals surface area contributed by atoms with Crippen LogP contribution in [0.15, 0.2) is 30.3 Å². The Kier molecular flexibility index (Phi) is 4.68. The van der Waals surface area contributed by atoms with Crippen LogP contribution in [0.1, 0.15) is 35.1 Å².